The number of esters is 1. The lowest BCUT2D eigenvalue weighted by atomic mass is 9.90. The van der Waals surface area contributed by atoms with Crippen LogP contribution in [0, 0.1) is 0 Å². The molecule has 2 N–H and O–H groups in total. The Hall–Kier alpha value is -1.98. The standard InChI is InChI=1S/C36H70N2O10Si2/c1-15-49(16-2,17-3)47-29-25-44-28(24-26(21-22-39)23-27(32(40)43-14)37-33(41)45-35(7,8)9)31(48-50(18-4,19-5)20-6)30(29)38(13)34(42)46-36(10,11)12/h21,27-31,39H,15-20,22-25H2,1-14H3,(H,37,41)/b26-21+/t27-,28+,29+,30+,31-/m0/s1. The molecule has 1 aliphatic rings. The van der Waals surface area contributed by atoms with Crippen molar-refractivity contribution in [2.45, 2.75) is 174 Å². The number of amides is 2. The first-order chi connectivity index (χ1) is 23.2. The average Bonchev–Trinajstić information content (AvgIpc) is 3.04. The molecule has 0 aliphatic carbocycles. The first-order valence-corrected chi connectivity index (χ1v) is 23.6. The van der Waals surface area contributed by atoms with Crippen LogP contribution < -0.4 is 5.32 Å². The highest BCUT2D eigenvalue weighted by atomic mass is 28.4. The Kier molecular flexibility index (Phi) is 18.7. The number of carbonyl (C=O) groups excluding carboxylic acids is 3. The minimum atomic E-state index is -2.32. The van der Waals surface area contributed by atoms with Gasteiger partial charge >= 0.3 is 18.2 Å². The lowest BCUT2D eigenvalue weighted by Crippen LogP contribution is -2.66. The molecule has 0 spiro atoms. The molecule has 2 amide bonds. The maximum absolute atomic E-state index is 13.8. The van der Waals surface area contributed by atoms with Gasteiger partial charge in [-0.05, 0) is 90.6 Å². The van der Waals surface area contributed by atoms with Gasteiger partial charge in [0.05, 0.1) is 44.7 Å². The van der Waals surface area contributed by atoms with Crippen LogP contribution in [-0.4, -0.2) is 114 Å². The number of alkyl carbamates (subject to hydrolysis) is 1. The van der Waals surface area contributed by atoms with Crippen LogP contribution in [0.2, 0.25) is 36.3 Å². The third kappa shape index (κ3) is 13.9. The zero-order valence-corrected chi connectivity index (χ0v) is 35.6. The summed E-state index contributed by atoms with van der Waals surface area (Å²) < 4.78 is 37.4. The molecule has 292 valence electrons. The molecule has 1 heterocycles. The van der Waals surface area contributed by atoms with E-state index in [-0.39, 0.29) is 26.1 Å². The molecule has 0 saturated carbocycles. The predicted molar refractivity (Wildman–Crippen MR) is 201 cm³/mol. The summed E-state index contributed by atoms with van der Waals surface area (Å²) in [7, 11) is -1.49. The number of aliphatic hydroxyl groups is 1. The van der Waals surface area contributed by atoms with Crippen LogP contribution in [0.5, 0.6) is 0 Å². The van der Waals surface area contributed by atoms with Gasteiger partial charge in [0.15, 0.2) is 16.6 Å². The molecule has 0 radical (unpaired) electrons. The van der Waals surface area contributed by atoms with Crippen molar-refractivity contribution < 1.29 is 47.3 Å². The number of methoxy groups -OCH3 is 1. The van der Waals surface area contributed by atoms with E-state index in [0.717, 1.165) is 36.3 Å². The number of rotatable bonds is 18. The molecule has 14 heteroatoms. The van der Waals surface area contributed by atoms with E-state index < -0.39 is 76.4 Å². The van der Waals surface area contributed by atoms with Crippen LogP contribution in [0.25, 0.3) is 0 Å². The largest absolute Gasteiger partial charge is 0.467 e. The Balaban J connectivity index is 3.79. The fourth-order valence-corrected chi connectivity index (χ4v) is 12.2. The second-order valence-corrected chi connectivity index (χ2v) is 24.8. The highest BCUT2D eigenvalue weighted by Crippen LogP contribution is 2.37. The molecule has 0 aromatic heterocycles. The molecular weight excluding hydrogens is 677 g/mol. The summed E-state index contributed by atoms with van der Waals surface area (Å²) >= 11 is 0. The summed E-state index contributed by atoms with van der Waals surface area (Å²) in [5, 5.41) is 12.7. The molecule has 0 bridgehead atoms. The van der Waals surface area contributed by atoms with E-state index in [4.69, 9.17) is 27.8 Å². The number of hydrogen-bond acceptors (Lipinski definition) is 10. The van der Waals surface area contributed by atoms with E-state index in [9.17, 15) is 19.5 Å². The highest BCUT2D eigenvalue weighted by Gasteiger charge is 2.51. The first-order valence-electron chi connectivity index (χ1n) is 18.5. The molecule has 0 unspecified atom stereocenters. The maximum atomic E-state index is 13.8. The third-order valence-corrected chi connectivity index (χ3v) is 19.1. The van der Waals surface area contributed by atoms with Gasteiger partial charge in [0, 0.05) is 7.05 Å². The summed E-state index contributed by atoms with van der Waals surface area (Å²) in [6.45, 7) is 23.6. The van der Waals surface area contributed by atoms with Crippen LogP contribution in [0.1, 0.15) is 95.9 Å². The number of ether oxygens (including phenoxy) is 4. The average molecular weight is 747 g/mol. The van der Waals surface area contributed by atoms with Crippen LogP contribution in [0.15, 0.2) is 11.6 Å². The molecule has 5 atom stereocenters. The Labute approximate surface area is 304 Å². The molecule has 1 rings (SSSR count). The van der Waals surface area contributed by atoms with E-state index in [2.05, 4.69) is 46.9 Å². The van der Waals surface area contributed by atoms with Gasteiger partial charge in [-0.25, -0.2) is 14.4 Å². The normalized spacial score (nSPS) is 21.3. The van der Waals surface area contributed by atoms with Gasteiger partial charge in [-0.1, -0.05) is 53.2 Å². The number of aliphatic hydroxyl groups excluding tert-OH is 1. The van der Waals surface area contributed by atoms with Crippen molar-refractivity contribution in [2.75, 3.05) is 27.4 Å². The minimum Gasteiger partial charge on any atom is -0.467 e. The summed E-state index contributed by atoms with van der Waals surface area (Å²) in [4.78, 5) is 41.1. The second-order valence-electron chi connectivity index (χ2n) is 15.4. The Morgan fingerprint density at radius 3 is 1.82 bits per heavy atom. The molecule has 50 heavy (non-hydrogen) atoms. The van der Waals surface area contributed by atoms with Crippen molar-refractivity contribution in [3.05, 3.63) is 11.6 Å². The predicted octanol–water partition coefficient (Wildman–Crippen LogP) is 7.17. The van der Waals surface area contributed by atoms with Gasteiger partial charge in [0.1, 0.15) is 17.2 Å². The lowest BCUT2D eigenvalue weighted by Gasteiger charge is -2.51. The minimum absolute atomic E-state index is 0.0426. The molecule has 1 aliphatic heterocycles. The fraction of sp³-hybridized carbons (Fsp3) is 0.861. The summed E-state index contributed by atoms with van der Waals surface area (Å²) in [5.41, 5.74) is -0.829. The molecule has 0 aromatic rings. The van der Waals surface area contributed by atoms with Crippen molar-refractivity contribution in [3.8, 4) is 0 Å². The van der Waals surface area contributed by atoms with Crippen molar-refractivity contribution in [2.24, 2.45) is 0 Å². The van der Waals surface area contributed by atoms with Gasteiger partial charge in [-0.15, -0.1) is 0 Å². The monoisotopic (exact) mass is 746 g/mol. The number of hydrogen-bond donors (Lipinski definition) is 2. The maximum Gasteiger partial charge on any atom is 0.410 e. The zero-order valence-electron chi connectivity index (χ0n) is 33.6. The summed E-state index contributed by atoms with van der Waals surface area (Å²) in [6, 6.07) is 3.78. The van der Waals surface area contributed by atoms with Crippen LogP contribution in [0.4, 0.5) is 9.59 Å². The Bertz CT molecular complexity index is 1080. The van der Waals surface area contributed by atoms with E-state index >= 15 is 0 Å². The lowest BCUT2D eigenvalue weighted by molar-refractivity contribution is -0.153. The van der Waals surface area contributed by atoms with E-state index in [1.165, 1.54) is 7.11 Å². The van der Waals surface area contributed by atoms with Crippen LogP contribution in [0.3, 0.4) is 0 Å². The molecule has 12 nitrogen and oxygen atoms in total. The number of nitrogens with one attached hydrogen (secondary N) is 1. The Morgan fingerprint density at radius 2 is 1.38 bits per heavy atom. The number of carbonyl (C=O) groups is 3. The van der Waals surface area contributed by atoms with E-state index in [1.54, 1.807) is 38.8 Å². The van der Waals surface area contributed by atoms with Crippen molar-refractivity contribution in [1.82, 2.24) is 10.2 Å². The summed E-state index contributed by atoms with van der Waals surface area (Å²) in [5.74, 6) is -0.651. The number of nitrogens with zero attached hydrogens (tertiary/aromatic N) is 1. The first kappa shape index (κ1) is 46.0. The van der Waals surface area contributed by atoms with Gasteiger partial charge in [0.25, 0.3) is 0 Å². The highest BCUT2D eigenvalue weighted by molar-refractivity contribution is 6.74. The summed E-state index contributed by atoms with van der Waals surface area (Å²) in [6.07, 6.45) is -0.939. The van der Waals surface area contributed by atoms with Crippen LogP contribution >= 0.6 is 0 Å². The SMILES string of the molecule is CC[Si](CC)(CC)O[C@@H]1[C@H](N(C)C(=O)OC(C)(C)C)[C@H](O[Si](CC)(CC)CC)CO[C@@H]1C/C(=C/CO)C[C@H](NC(=O)OC(C)(C)C)C(=O)OC. The van der Waals surface area contributed by atoms with Gasteiger partial charge in [-0.2, -0.15) is 0 Å². The molecule has 1 fully saturated rings. The van der Waals surface area contributed by atoms with Gasteiger partial charge in [0.2, 0.25) is 0 Å². The van der Waals surface area contributed by atoms with Gasteiger partial charge in [-0.3, -0.25) is 0 Å². The smallest absolute Gasteiger partial charge is 0.410 e. The number of likely N-dealkylation sites (N-methyl/N-ethyl adjacent to an activating group) is 1. The second kappa shape index (κ2) is 20.3. The van der Waals surface area contributed by atoms with Crippen molar-refractivity contribution in [3.63, 3.8) is 0 Å². The third-order valence-electron chi connectivity index (χ3n) is 9.83. The zero-order chi connectivity index (χ0) is 38.5. The van der Waals surface area contributed by atoms with E-state index in [0.29, 0.717) is 5.57 Å². The van der Waals surface area contributed by atoms with Crippen molar-refractivity contribution >= 4 is 34.8 Å². The molecular formula is C36H70N2O10Si2. The fourth-order valence-electron chi connectivity index (χ4n) is 6.49. The van der Waals surface area contributed by atoms with E-state index in [1.807, 2.05) is 20.8 Å². The quantitative estimate of drug-likeness (QED) is 0.0642. The van der Waals surface area contributed by atoms with Gasteiger partial charge < -0.3 is 43.1 Å². The van der Waals surface area contributed by atoms with Crippen molar-refractivity contribution in [1.29, 1.82) is 0 Å². The molecule has 1 saturated heterocycles. The topological polar surface area (TPSA) is 142 Å². The molecule has 0 aromatic carbocycles. The Morgan fingerprint density at radius 1 is 0.880 bits per heavy atom. The van der Waals surface area contributed by atoms with Crippen LogP contribution in [-0.2, 0) is 32.6 Å².